The zero-order chi connectivity index (χ0) is 13.2. The lowest BCUT2D eigenvalue weighted by Gasteiger charge is -2.36. The van der Waals surface area contributed by atoms with Crippen molar-refractivity contribution >= 4 is 0 Å². The van der Waals surface area contributed by atoms with E-state index in [1.807, 2.05) is 0 Å². The fraction of sp³-hybridized carbons (Fsp3) is 0.333. The SMILES string of the molecule is CCc1ccc(C(NC)C2Cc3ccccc32)cc1. The molecule has 2 aromatic rings. The normalized spacial score (nSPS) is 18.5. The van der Waals surface area contributed by atoms with Crippen molar-refractivity contribution < 1.29 is 0 Å². The van der Waals surface area contributed by atoms with Gasteiger partial charge in [-0.15, -0.1) is 0 Å². The van der Waals surface area contributed by atoms with Crippen LogP contribution in [0.5, 0.6) is 0 Å². The summed E-state index contributed by atoms with van der Waals surface area (Å²) in [6, 6.07) is 18.3. The van der Waals surface area contributed by atoms with Gasteiger partial charge in [0, 0.05) is 12.0 Å². The van der Waals surface area contributed by atoms with Gasteiger partial charge >= 0.3 is 0 Å². The minimum absolute atomic E-state index is 0.431. The minimum atomic E-state index is 0.431. The van der Waals surface area contributed by atoms with Gasteiger partial charge < -0.3 is 5.32 Å². The molecule has 1 N–H and O–H groups in total. The van der Waals surface area contributed by atoms with Crippen LogP contribution in [0.25, 0.3) is 0 Å². The van der Waals surface area contributed by atoms with E-state index in [1.54, 1.807) is 0 Å². The highest BCUT2D eigenvalue weighted by Gasteiger charge is 2.32. The Labute approximate surface area is 115 Å². The van der Waals surface area contributed by atoms with Crippen LogP contribution >= 0.6 is 0 Å². The number of rotatable bonds is 4. The number of likely N-dealkylation sites (N-methyl/N-ethyl adjacent to an activating group) is 1. The Morgan fingerprint density at radius 2 is 1.84 bits per heavy atom. The Hall–Kier alpha value is -1.60. The lowest BCUT2D eigenvalue weighted by atomic mass is 9.72. The molecule has 0 heterocycles. The average molecular weight is 251 g/mol. The van der Waals surface area contributed by atoms with E-state index in [2.05, 4.69) is 67.8 Å². The topological polar surface area (TPSA) is 12.0 Å². The molecule has 0 aromatic heterocycles. The van der Waals surface area contributed by atoms with Crippen molar-refractivity contribution in [3.63, 3.8) is 0 Å². The molecule has 98 valence electrons. The Kier molecular flexibility index (Phi) is 3.39. The molecule has 0 fully saturated rings. The molecule has 0 saturated heterocycles. The zero-order valence-electron chi connectivity index (χ0n) is 11.7. The maximum atomic E-state index is 3.50. The van der Waals surface area contributed by atoms with E-state index < -0.39 is 0 Å². The van der Waals surface area contributed by atoms with Crippen molar-refractivity contribution in [1.82, 2.24) is 5.32 Å². The summed E-state index contributed by atoms with van der Waals surface area (Å²) in [6.45, 7) is 2.20. The van der Waals surface area contributed by atoms with E-state index in [9.17, 15) is 0 Å². The molecule has 19 heavy (non-hydrogen) atoms. The molecule has 2 unspecified atom stereocenters. The highest BCUT2D eigenvalue weighted by Crippen LogP contribution is 2.43. The maximum absolute atomic E-state index is 3.50. The van der Waals surface area contributed by atoms with Crippen LogP contribution in [-0.2, 0) is 12.8 Å². The van der Waals surface area contributed by atoms with Crippen LogP contribution in [0.2, 0.25) is 0 Å². The predicted octanol–water partition coefficient (Wildman–Crippen LogP) is 3.85. The number of nitrogens with one attached hydrogen (secondary N) is 1. The van der Waals surface area contributed by atoms with Crippen molar-refractivity contribution in [2.45, 2.75) is 31.7 Å². The predicted molar refractivity (Wildman–Crippen MR) is 80.5 cm³/mol. The van der Waals surface area contributed by atoms with Gasteiger partial charge in [-0.1, -0.05) is 55.5 Å². The summed E-state index contributed by atoms with van der Waals surface area (Å²) in [5.74, 6) is 0.619. The number of hydrogen-bond acceptors (Lipinski definition) is 1. The first-order valence-corrected chi connectivity index (χ1v) is 7.17. The second kappa shape index (κ2) is 5.18. The van der Waals surface area contributed by atoms with E-state index in [4.69, 9.17) is 0 Å². The summed E-state index contributed by atoms with van der Waals surface area (Å²) >= 11 is 0. The first-order chi connectivity index (χ1) is 9.33. The molecule has 1 aliphatic carbocycles. The highest BCUT2D eigenvalue weighted by atomic mass is 14.9. The molecular formula is C18H21N. The number of fused-ring (bicyclic) bond motifs is 1. The smallest absolute Gasteiger partial charge is 0.0390 e. The van der Waals surface area contributed by atoms with Crippen molar-refractivity contribution in [2.75, 3.05) is 7.05 Å². The van der Waals surface area contributed by atoms with Gasteiger partial charge in [0.1, 0.15) is 0 Å². The molecule has 1 aliphatic rings. The summed E-state index contributed by atoms with van der Waals surface area (Å²) in [7, 11) is 2.07. The molecule has 2 aromatic carbocycles. The third-order valence-electron chi connectivity index (χ3n) is 4.35. The Morgan fingerprint density at radius 3 is 2.47 bits per heavy atom. The summed E-state index contributed by atoms with van der Waals surface area (Å²) in [6.07, 6.45) is 2.30. The Bertz CT molecular complexity index is 556. The van der Waals surface area contributed by atoms with Gasteiger partial charge in [0.2, 0.25) is 0 Å². The van der Waals surface area contributed by atoms with Crippen LogP contribution in [-0.4, -0.2) is 7.05 Å². The minimum Gasteiger partial charge on any atom is -0.312 e. The molecule has 0 aliphatic heterocycles. The highest BCUT2D eigenvalue weighted by molar-refractivity contribution is 5.43. The molecule has 3 rings (SSSR count). The van der Waals surface area contributed by atoms with Crippen LogP contribution in [0, 0.1) is 0 Å². The molecule has 0 saturated carbocycles. The molecule has 1 heteroatoms. The molecule has 0 spiro atoms. The molecule has 0 radical (unpaired) electrons. The maximum Gasteiger partial charge on any atom is 0.0390 e. The van der Waals surface area contributed by atoms with E-state index in [0.717, 1.165) is 6.42 Å². The van der Waals surface area contributed by atoms with Gasteiger partial charge in [0.25, 0.3) is 0 Å². The van der Waals surface area contributed by atoms with Gasteiger partial charge in [-0.2, -0.15) is 0 Å². The van der Waals surface area contributed by atoms with Gasteiger partial charge in [0.05, 0.1) is 0 Å². The third kappa shape index (κ3) is 2.19. The molecule has 2 atom stereocenters. The van der Waals surface area contributed by atoms with Crippen molar-refractivity contribution in [3.05, 3.63) is 70.8 Å². The summed E-state index contributed by atoms with van der Waals surface area (Å²) in [5, 5.41) is 3.50. The van der Waals surface area contributed by atoms with Gasteiger partial charge in [-0.05, 0) is 42.1 Å². The monoisotopic (exact) mass is 251 g/mol. The summed E-state index contributed by atoms with van der Waals surface area (Å²) < 4.78 is 0. The molecule has 0 bridgehead atoms. The van der Waals surface area contributed by atoms with E-state index >= 15 is 0 Å². The number of aryl methyl sites for hydroxylation is 1. The molecular weight excluding hydrogens is 230 g/mol. The Balaban J connectivity index is 1.86. The molecule has 1 nitrogen and oxygen atoms in total. The van der Waals surface area contributed by atoms with Crippen LogP contribution in [0.3, 0.4) is 0 Å². The van der Waals surface area contributed by atoms with Crippen LogP contribution < -0.4 is 5.32 Å². The second-order valence-electron chi connectivity index (χ2n) is 5.37. The number of hydrogen-bond donors (Lipinski definition) is 1. The quantitative estimate of drug-likeness (QED) is 0.870. The average Bonchev–Trinajstić information content (AvgIpc) is 2.45. The largest absolute Gasteiger partial charge is 0.312 e. The second-order valence-corrected chi connectivity index (χ2v) is 5.37. The van der Waals surface area contributed by atoms with E-state index in [1.165, 1.54) is 28.7 Å². The van der Waals surface area contributed by atoms with Crippen LogP contribution in [0.1, 0.15) is 41.1 Å². The number of benzene rings is 2. The van der Waals surface area contributed by atoms with E-state index in [-0.39, 0.29) is 0 Å². The summed E-state index contributed by atoms with van der Waals surface area (Å²) in [5.41, 5.74) is 5.84. The van der Waals surface area contributed by atoms with Crippen molar-refractivity contribution in [3.8, 4) is 0 Å². The van der Waals surface area contributed by atoms with Crippen molar-refractivity contribution in [1.29, 1.82) is 0 Å². The fourth-order valence-electron chi connectivity index (χ4n) is 3.16. The lowest BCUT2D eigenvalue weighted by molar-refractivity contribution is 0.439. The van der Waals surface area contributed by atoms with Gasteiger partial charge in [-0.3, -0.25) is 0 Å². The lowest BCUT2D eigenvalue weighted by Crippen LogP contribution is -2.31. The molecule has 0 amide bonds. The standard InChI is InChI=1S/C18H21N/c1-3-13-8-10-14(11-9-13)18(19-2)17-12-15-6-4-5-7-16(15)17/h4-11,17-19H,3,12H2,1-2H3. The first kappa shape index (κ1) is 12.4. The first-order valence-electron chi connectivity index (χ1n) is 7.17. The van der Waals surface area contributed by atoms with Gasteiger partial charge in [-0.25, -0.2) is 0 Å². The third-order valence-corrected chi connectivity index (χ3v) is 4.35. The summed E-state index contributed by atoms with van der Waals surface area (Å²) in [4.78, 5) is 0. The fourth-order valence-corrected chi connectivity index (χ4v) is 3.16. The Morgan fingerprint density at radius 1 is 1.11 bits per heavy atom. The van der Waals surface area contributed by atoms with Crippen LogP contribution in [0.4, 0.5) is 0 Å². The zero-order valence-corrected chi connectivity index (χ0v) is 11.7. The van der Waals surface area contributed by atoms with Crippen molar-refractivity contribution in [2.24, 2.45) is 0 Å². The van der Waals surface area contributed by atoms with Crippen LogP contribution in [0.15, 0.2) is 48.5 Å². The van der Waals surface area contributed by atoms with Gasteiger partial charge in [0.15, 0.2) is 0 Å². The van der Waals surface area contributed by atoms with E-state index in [0.29, 0.717) is 12.0 Å².